The second kappa shape index (κ2) is 7.55. The molecule has 2 aromatic carbocycles. The smallest absolute Gasteiger partial charge is 0.161 e. The van der Waals surface area contributed by atoms with Gasteiger partial charge in [0.05, 0.1) is 14.2 Å². The highest BCUT2D eigenvalue weighted by Gasteiger charge is 2.08. The number of para-hydroxylation sites is 2. The molecule has 0 saturated carbocycles. The van der Waals surface area contributed by atoms with Gasteiger partial charge in [0.1, 0.15) is 12.4 Å². The van der Waals surface area contributed by atoms with E-state index in [9.17, 15) is 0 Å². The lowest BCUT2D eigenvalue weighted by Crippen LogP contribution is -2.07. The maximum atomic E-state index is 5.86. The summed E-state index contributed by atoms with van der Waals surface area (Å²) in [7, 11) is 5.23. The lowest BCUT2D eigenvalue weighted by molar-refractivity contribution is 0.278. The van der Waals surface area contributed by atoms with Crippen molar-refractivity contribution in [3.8, 4) is 17.2 Å². The van der Waals surface area contributed by atoms with Gasteiger partial charge in [-0.3, -0.25) is 0 Å². The quantitative estimate of drug-likeness (QED) is 0.850. The SMILES string of the molecule is CNCc1ccc(OC)c(COc2ccccc2OC)c1. The van der Waals surface area contributed by atoms with E-state index in [1.165, 1.54) is 5.56 Å². The van der Waals surface area contributed by atoms with Gasteiger partial charge in [0, 0.05) is 12.1 Å². The van der Waals surface area contributed by atoms with Crippen LogP contribution in [0, 0.1) is 0 Å². The Balaban J connectivity index is 2.16. The molecule has 0 saturated heterocycles. The zero-order chi connectivity index (χ0) is 15.1. The van der Waals surface area contributed by atoms with E-state index in [1.807, 2.05) is 43.4 Å². The first-order chi connectivity index (χ1) is 10.3. The topological polar surface area (TPSA) is 39.7 Å². The molecule has 112 valence electrons. The Morgan fingerprint density at radius 3 is 2.29 bits per heavy atom. The summed E-state index contributed by atoms with van der Waals surface area (Å²) in [6.45, 7) is 1.24. The molecule has 0 fully saturated rings. The number of nitrogens with one attached hydrogen (secondary N) is 1. The summed E-state index contributed by atoms with van der Waals surface area (Å²) >= 11 is 0. The Morgan fingerprint density at radius 1 is 0.905 bits per heavy atom. The number of methoxy groups -OCH3 is 2. The van der Waals surface area contributed by atoms with Gasteiger partial charge in [-0.25, -0.2) is 0 Å². The van der Waals surface area contributed by atoms with Crippen molar-refractivity contribution >= 4 is 0 Å². The molecule has 21 heavy (non-hydrogen) atoms. The van der Waals surface area contributed by atoms with Crippen molar-refractivity contribution in [2.24, 2.45) is 0 Å². The Morgan fingerprint density at radius 2 is 1.62 bits per heavy atom. The highest BCUT2D eigenvalue weighted by Crippen LogP contribution is 2.28. The summed E-state index contributed by atoms with van der Waals surface area (Å²) in [5, 5.41) is 3.14. The van der Waals surface area contributed by atoms with E-state index in [0.29, 0.717) is 6.61 Å². The van der Waals surface area contributed by atoms with Gasteiger partial charge in [0.25, 0.3) is 0 Å². The van der Waals surface area contributed by atoms with Crippen molar-refractivity contribution in [2.45, 2.75) is 13.2 Å². The highest BCUT2D eigenvalue weighted by atomic mass is 16.5. The standard InChI is InChI=1S/C17H21NO3/c1-18-11-13-8-9-15(19-2)14(10-13)12-21-17-7-5-4-6-16(17)20-3/h4-10,18H,11-12H2,1-3H3. The van der Waals surface area contributed by atoms with Crippen LogP contribution in [0.5, 0.6) is 17.2 Å². The van der Waals surface area contributed by atoms with Gasteiger partial charge in [-0.1, -0.05) is 18.2 Å². The molecule has 0 aromatic heterocycles. The molecule has 2 rings (SSSR count). The lowest BCUT2D eigenvalue weighted by Gasteiger charge is -2.13. The number of hydrogen-bond donors (Lipinski definition) is 1. The van der Waals surface area contributed by atoms with E-state index < -0.39 is 0 Å². The van der Waals surface area contributed by atoms with E-state index in [-0.39, 0.29) is 0 Å². The van der Waals surface area contributed by atoms with Crippen molar-refractivity contribution in [2.75, 3.05) is 21.3 Å². The van der Waals surface area contributed by atoms with E-state index in [2.05, 4.69) is 11.4 Å². The molecule has 2 aromatic rings. The molecule has 1 N–H and O–H groups in total. The zero-order valence-corrected chi connectivity index (χ0v) is 12.7. The van der Waals surface area contributed by atoms with Crippen molar-refractivity contribution in [1.29, 1.82) is 0 Å². The van der Waals surface area contributed by atoms with Crippen LogP contribution in [0.2, 0.25) is 0 Å². The van der Waals surface area contributed by atoms with Gasteiger partial charge in [-0.15, -0.1) is 0 Å². The van der Waals surface area contributed by atoms with Crippen LogP contribution in [0.3, 0.4) is 0 Å². The number of rotatable bonds is 7. The molecule has 4 nitrogen and oxygen atoms in total. The normalized spacial score (nSPS) is 10.2. The van der Waals surface area contributed by atoms with Crippen molar-refractivity contribution in [3.05, 3.63) is 53.6 Å². The monoisotopic (exact) mass is 287 g/mol. The van der Waals surface area contributed by atoms with E-state index in [1.54, 1.807) is 14.2 Å². The first kappa shape index (κ1) is 15.2. The molecule has 4 heteroatoms. The number of ether oxygens (including phenoxy) is 3. The molecule has 0 unspecified atom stereocenters. The summed E-state index contributed by atoms with van der Waals surface area (Å²) in [6, 6.07) is 13.7. The Kier molecular flexibility index (Phi) is 5.46. The Hall–Kier alpha value is -2.20. The first-order valence-electron chi connectivity index (χ1n) is 6.84. The zero-order valence-electron chi connectivity index (χ0n) is 12.7. The fourth-order valence-electron chi connectivity index (χ4n) is 2.15. The summed E-state index contributed by atoms with van der Waals surface area (Å²) in [5.74, 6) is 2.27. The van der Waals surface area contributed by atoms with Crippen LogP contribution in [0.25, 0.3) is 0 Å². The predicted molar refractivity (Wildman–Crippen MR) is 83.1 cm³/mol. The Labute approximate surface area is 125 Å². The molecular weight excluding hydrogens is 266 g/mol. The van der Waals surface area contributed by atoms with E-state index in [0.717, 1.165) is 29.4 Å². The van der Waals surface area contributed by atoms with E-state index in [4.69, 9.17) is 14.2 Å². The number of benzene rings is 2. The van der Waals surface area contributed by atoms with Crippen LogP contribution >= 0.6 is 0 Å². The summed E-state index contributed by atoms with van der Waals surface area (Å²) in [6.07, 6.45) is 0. The van der Waals surface area contributed by atoms with Gasteiger partial charge in [-0.05, 0) is 36.9 Å². The summed E-state index contributed by atoms with van der Waals surface area (Å²) < 4.78 is 16.5. The van der Waals surface area contributed by atoms with Gasteiger partial charge in [0.15, 0.2) is 11.5 Å². The minimum atomic E-state index is 0.432. The fourth-order valence-corrected chi connectivity index (χ4v) is 2.15. The molecule has 0 amide bonds. The third kappa shape index (κ3) is 3.89. The molecule has 0 radical (unpaired) electrons. The van der Waals surface area contributed by atoms with Crippen molar-refractivity contribution in [3.63, 3.8) is 0 Å². The van der Waals surface area contributed by atoms with Gasteiger partial charge in [-0.2, -0.15) is 0 Å². The maximum absolute atomic E-state index is 5.86. The van der Waals surface area contributed by atoms with Crippen LogP contribution in [-0.2, 0) is 13.2 Å². The van der Waals surface area contributed by atoms with E-state index >= 15 is 0 Å². The molecule has 0 spiro atoms. The predicted octanol–water partition coefficient (Wildman–Crippen LogP) is 3.00. The minimum Gasteiger partial charge on any atom is -0.496 e. The van der Waals surface area contributed by atoms with Gasteiger partial charge < -0.3 is 19.5 Å². The van der Waals surface area contributed by atoms with Crippen molar-refractivity contribution < 1.29 is 14.2 Å². The third-order valence-corrected chi connectivity index (χ3v) is 3.18. The van der Waals surface area contributed by atoms with Crippen LogP contribution < -0.4 is 19.5 Å². The first-order valence-corrected chi connectivity index (χ1v) is 6.84. The second-order valence-corrected chi connectivity index (χ2v) is 4.62. The maximum Gasteiger partial charge on any atom is 0.161 e. The number of hydrogen-bond acceptors (Lipinski definition) is 4. The second-order valence-electron chi connectivity index (χ2n) is 4.62. The van der Waals surface area contributed by atoms with Gasteiger partial charge >= 0.3 is 0 Å². The van der Waals surface area contributed by atoms with Crippen LogP contribution in [0.1, 0.15) is 11.1 Å². The van der Waals surface area contributed by atoms with Crippen molar-refractivity contribution in [1.82, 2.24) is 5.32 Å². The van der Waals surface area contributed by atoms with Crippen LogP contribution in [-0.4, -0.2) is 21.3 Å². The minimum absolute atomic E-state index is 0.432. The fraction of sp³-hybridized carbons (Fsp3) is 0.294. The molecule has 0 aliphatic rings. The van der Waals surface area contributed by atoms with Crippen LogP contribution in [0.4, 0.5) is 0 Å². The third-order valence-electron chi connectivity index (χ3n) is 3.18. The van der Waals surface area contributed by atoms with Gasteiger partial charge in [0.2, 0.25) is 0 Å². The highest BCUT2D eigenvalue weighted by molar-refractivity contribution is 5.41. The summed E-state index contributed by atoms with van der Waals surface area (Å²) in [4.78, 5) is 0. The largest absolute Gasteiger partial charge is 0.496 e. The molecule has 0 atom stereocenters. The molecule has 0 aliphatic heterocycles. The van der Waals surface area contributed by atoms with Crippen LogP contribution in [0.15, 0.2) is 42.5 Å². The Bertz CT molecular complexity index is 584. The molecular formula is C17H21NO3. The summed E-state index contributed by atoms with van der Waals surface area (Å²) in [5.41, 5.74) is 2.20. The average molecular weight is 287 g/mol. The molecule has 0 aliphatic carbocycles. The lowest BCUT2D eigenvalue weighted by atomic mass is 10.1. The molecule has 0 bridgehead atoms. The average Bonchev–Trinajstić information content (AvgIpc) is 2.53. The molecule has 0 heterocycles.